The molecule has 0 radical (unpaired) electrons. The fourth-order valence-corrected chi connectivity index (χ4v) is 4.05. The van der Waals surface area contributed by atoms with Gasteiger partial charge in [0.05, 0.1) is 16.3 Å². The predicted octanol–water partition coefficient (Wildman–Crippen LogP) is 3.99. The maximum absolute atomic E-state index is 12.7. The van der Waals surface area contributed by atoms with Gasteiger partial charge >= 0.3 is 5.97 Å². The lowest BCUT2D eigenvalue weighted by molar-refractivity contribution is -0.137. The number of aliphatic carboxylic acids is 1. The van der Waals surface area contributed by atoms with Crippen molar-refractivity contribution in [3.8, 4) is 11.3 Å². The minimum Gasteiger partial charge on any atom is -0.481 e. The largest absolute Gasteiger partial charge is 0.481 e. The maximum Gasteiger partial charge on any atom is 0.303 e. The number of amides is 1. The lowest BCUT2D eigenvalue weighted by Crippen LogP contribution is -2.29. The number of thiocarbonyl (C=S) groups is 1. The average Bonchev–Trinajstić information content (AvgIpc) is 2.95. The zero-order valence-electron chi connectivity index (χ0n) is 15.1. The zero-order chi connectivity index (χ0) is 19.9. The lowest BCUT2D eigenvalue weighted by Gasteiger charge is -2.13. The highest BCUT2D eigenvalue weighted by molar-refractivity contribution is 8.26. The molecule has 2 aromatic heterocycles. The molecule has 0 bridgehead atoms. The van der Waals surface area contributed by atoms with E-state index >= 15 is 0 Å². The van der Waals surface area contributed by atoms with Gasteiger partial charge in [0.15, 0.2) is 0 Å². The van der Waals surface area contributed by atoms with Gasteiger partial charge in [-0.05, 0) is 43.2 Å². The molecule has 144 valence electrons. The molecule has 28 heavy (non-hydrogen) atoms. The number of rotatable bonds is 8. The van der Waals surface area contributed by atoms with Crippen molar-refractivity contribution in [2.75, 3.05) is 6.54 Å². The number of aromatic nitrogens is 2. The Morgan fingerprint density at radius 1 is 1.21 bits per heavy atom. The minimum atomic E-state index is -0.797. The summed E-state index contributed by atoms with van der Waals surface area (Å²) in [6.45, 7) is 0.505. The second-order valence-electron chi connectivity index (χ2n) is 6.23. The van der Waals surface area contributed by atoms with Gasteiger partial charge in [0, 0.05) is 30.9 Å². The van der Waals surface area contributed by atoms with Gasteiger partial charge in [-0.3, -0.25) is 19.5 Å². The number of carbonyl (C=O) groups excluding carboxylic acids is 1. The van der Waals surface area contributed by atoms with Crippen LogP contribution in [0.15, 0.2) is 47.6 Å². The lowest BCUT2D eigenvalue weighted by atomic mass is 10.2. The van der Waals surface area contributed by atoms with Crippen LogP contribution in [-0.2, 0) is 9.59 Å². The molecule has 0 unspecified atom stereocenters. The van der Waals surface area contributed by atoms with Crippen LogP contribution >= 0.6 is 24.0 Å². The average molecular weight is 414 g/mol. The summed E-state index contributed by atoms with van der Waals surface area (Å²) in [6, 6.07) is 9.42. The first-order chi connectivity index (χ1) is 13.5. The fourth-order valence-electron chi connectivity index (χ4n) is 2.76. The van der Waals surface area contributed by atoms with Crippen molar-refractivity contribution >= 4 is 46.3 Å². The van der Waals surface area contributed by atoms with Crippen LogP contribution in [0.25, 0.3) is 17.3 Å². The van der Waals surface area contributed by atoms with Crippen molar-refractivity contribution in [2.45, 2.75) is 25.7 Å². The van der Waals surface area contributed by atoms with Gasteiger partial charge in [-0.15, -0.1) is 0 Å². The quantitative estimate of drug-likeness (QED) is 0.398. The van der Waals surface area contributed by atoms with Crippen molar-refractivity contribution in [2.24, 2.45) is 0 Å². The van der Waals surface area contributed by atoms with Crippen LogP contribution in [0.2, 0.25) is 0 Å². The maximum atomic E-state index is 12.7. The Balaban J connectivity index is 1.66. The highest BCUT2D eigenvalue weighted by Crippen LogP contribution is 2.32. The summed E-state index contributed by atoms with van der Waals surface area (Å²) >= 11 is 6.61. The van der Waals surface area contributed by atoms with Crippen LogP contribution in [0, 0.1) is 0 Å². The van der Waals surface area contributed by atoms with E-state index in [1.807, 2.05) is 30.3 Å². The van der Waals surface area contributed by atoms with Crippen LogP contribution in [-0.4, -0.2) is 42.7 Å². The molecular weight excluding hydrogens is 394 g/mol. The first kappa shape index (κ1) is 20.2. The molecular formula is C20H19N3O3S2. The fraction of sp³-hybridized carbons (Fsp3) is 0.250. The van der Waals surface area contributed by atoms with E-state index in [2.05, 4.69) is 9.97 Å². The van der Waals surface area contributed by atoms with Gasteiger partial charge in [0.1, 0.15) is 4.32 Å². The molecule has 1 aliphatic heterocycles. The molecule has 0 aromatic carbocycles. The monoisotopic (exact) mass is 413 g/mol. The molecule has 1 amide bonds. The van der Waals surface area contributed by atoms with E-state index in [9.17, 15) is 9.59 Å². The summed E-state index contributed by atoms with van der Waals surface area (Å²) in [7, 11) is 0. The van der Waals surface area contributed by atoms with E-state index in [0.717, 1.165) is 24.1 Å². The van der Waals surface area contributed by atoms with E-state index in [1.165, 1.54) is 11.8 Å². The van der Waals surface area contributed by atoms with Crippen molar-refractivity contribution < 1.29 is 14.7 Å². The molecule has 3 rings (SSSR count). The molecule has 6 nitrogen and oxygen atoms in total. The molecule has 0 saturated carbocycles. The number of pyridine rings is 2. The van der Waals surface area contributed by atoms with Gasteiger partial charge in [0.2, 0.25) is 0 Å². The number of nitrogens with zero attached hydrogens (tertiary/aromatic N) is 3. The van der Waals surface area contributed by atoms with Crippen molar-refractivity contribution in [1.29, 1.82) is 0 Å². The third kappa shape index (κ3) is 5.24. The summed E-state index contributed by atoms with van der Waals surface area (Å²) in [6.07, 6.45) is 7.43. The Morgan fingerprint density at radius 3 is 2.82 bits per heavy atom. The second-order valence-corrected chi connectivity index (χ2v) is 7.90. The Labute approximate surface area is 172 Å². The summed E-state index contributed by atoms with van der Waals surface area (Å²) in [4.78, 5) is 34.0. The highest BCUT2D eigenvalue weighted by atomic mass is 32.2. The third-order valence-electron chi connectivity index (χ3n) is 4.15. The summed E-state index contributed by atoms with van der Waals surface area (Å²) < 4.78 is 0.526. The van der Waals surface area contributed by atoms with E-state index < -0.39 is 5.97 Å². The molecule has 0 spiro atoms. The van der Waals surface area contributed by atoms with Crippen LogP contribution in [0.4, 0.5) is 0 Å². The van der Waals surface area contributed by atoms with E-state index in [-0.39, 0.29) is 12.3 Å². The zero-order valence-corrected chi connectivity index (χ0v) is 16.7. The third-order valence-corrected chi connectivity index (χ3v) is 5.53. The van der Waals surface area contributed by atoms with E-state index in [1.54, 1.807) is 23.4 Å². The molecule has 2 aromatic rings. The topological polar surface area (TPSA) is 83.4 Å². The van der Waals surface area contributed by atoms with Crippen LogP contribution in [0.1, 0.15) is 31.4 Å². The number of carbonyl (C=O) groups is 2. The number of hydrogen-bond acceptors (Lipinski definition) is 6. The van der Waals surface area contributed by atoms with Crippen LogP contribution in [0.5, 0.6) is 0 Å². The Bertz CT molecular complexity index is 916. The van der Waals surface area contributed by atoms with Gasteiger partial charge in [0.25, 0.3) is 5.91 Å². The van der Waals surface area contributed by atoms with Crippen LogP contribution in [0.3, 0.4) is 0 Å². The summed E-state index contributed by atoms with van der Waals surface area (Å²) in [5, 5.41) is 8.67. The number of carboxylic acids is 1. The first-order valence-corrected chi connectivity index (χ1v) is 10.1. The molecule has 1 fully saturated rings. The van der Waals surface area contributed by atoms with Gasteiger partial charge in [-0.2, -0.15) is 0 Å². The number of unbranched alkanes of at least 4 members (excludes halogenated alkanes) is 2. The molecule has 0 atom stereocenters. The Morgan fingerprint density at radius 2 is 2.07 bits per heavy atom. The Kier molecular flexibility index (Phi) is 6.89. The van der Waals surface area contributed by atoms with Gasteiger partial charge < -0.3 is 5.11 Å². The molecule has 0 aliphatic carbocycles. The first-order valence-electron chi connectivity index (χ1n) is 8.89. The summed E-state index contributed by atoms with van der Waals surface area (Å²) in [5.41, 5.74) is 2.38. The highest BCUT2D eigenvalue weighted by Gasteiger charge is 2.31. The van der Waals surface area contributed by atoms with Crippen LogP contribution < -0.4 is 0 Å². The van der Waals surface area contributed by atoms with Crippen molar-refractivity contribution in [3.05, 3.63) is 53.3 Å². The second kappa shape index (κ2) is 9.57. The number of thioether (sulfide) groups is 1. The molecule has 3 heterocycles. The van der Waals surface area contributed by atoms with Gasteiger partial charge in [-0.1, -0.05) is 36.5 Å². The molecule has 1 N–H and O–H groups in total. The SMILES string of the molecule is O=C(O)CCCCCN1C(=O)C(=Cc2cccc(-c3cccnc3)n2)SC1=S. The number of carboxylic acid groups (broad SMARTS) is 1. The van der Waals surface area contributed by atoms with Crippen molar-refractivity contribution in [1.82, 2.24) is 14.9 Å². The minimum absolute atomic E-state index is 0.123. The Hall–Kier alpha value is -2.58. The molecule has 8 heteroatoms. The predicted molar refractivity (Wildman–Crippen MR) is 113 cm³/mol. The normalized spacial score (nSPS) is 15.4. The summed E-state index contributed by atoms with van der Waals surface area (Å²) in [5.74, 6) is -0.920. The molecule has 1 aliphatic rings. The molecule has 1 saturated heterocycles. The number of hydrogen-bond donors (Lipinski definition) is 1. The smallest absolute Gasteiger partial charge is 0.303 e. The standard InChI is InChI=1S/C20H19N3O3S2/c24-18(25)9-2-1-3-11-23-19(26)17(28-20(23)27)12-15-7-4-8-16(22-15)14-6-5-10-21-13-14/h4-8,10,12-13H,1-3,9,11H2,(H,24,25). The van der Waals surface area contributed by atoms with Gasteiger partial charge in [-0.25, -0.2) is 4.98 Å². The van der Waals surface area contributed by atoms with E-state index in [4.69, 9.17) is 17.3 Å². The van der Waals surface area contributed by atoms with E-state index in [0.29, 0.717) is 27.9 Å². The van der Waals surface area contributed by atoms with Crippen molar-refractivity contribution in [3.63, 3.8) is 0 Å².